The Hall–Kier alpha value is -8.02. The van der Waals surface area contributed by atoms with Crippen molar-refractivity contribution in [2.75, 3.05) is 9.80 Å². The van der Waals surface area contributed by atoms with E-state index >= 15 is 0 Å². The van der Waals surface area contributed by atoms with Crippen LogP contribution in [0.15, 0.2) is 182 Å². The Kier molecular flexibility index (Phi) is 8.35. The van der Waals surface area contributed by atoms with Gasteiger partial charge in [-0.2, -0.15) is 5.26 Å². The zero-order chi connectivity index (χ0) is 42.2. The van der Waals surface area contributed by atoms with Gasteiger partial charge in [-0.25, -0.2) is 15.0 Å². The molecule has 3 heterocycles. The molecule has 0 radical (unpaired) electrons. The highest BCUT2D eigenvalue weighted by Crippen LogP contribution is 2.56. The lowest BCUT2D eigenvalue weighted by Crippen LogP contribution is -2.46. The summed E-state index contributed by atoms with van der Waals surface area (Å²) in [5.74, 6) is 4.06. The molecule has 1 aromatic heterocycles. The van der Waals surface area contributed by atoms with Gasteiger partial charge in [0.1, 0.15) is 17.9 Å². The zero-order valence-electron chi connectivity index (χ0n) is 34.7. The summed E-state index contributed by atoms with van der Waals surface area (Å²) < 4.78 is 13.1. The largest absolute Gasteiger partial charge is 0.482 e. The van der Waals surface area contributed by atoms with Crippen molar-refractivity contribution in [3.05, 3.63) is 198 Å². The molecule has 0 amide bonds. The fourth-order valence-electron chi connectivity index (χ4n) is 10.1. The van der Waals surface area contributed by atoms with Crippen molar-refractivity contribution in [1.82, 2.24) is 15.0 Å². The maximum atomic E-state index is 11.2. The van der Waals surface area contributed by atoms with Crippen LogP contribution in [0, 0.1) is 11.3 Å². The average Bonchev–Trinajstić information content (AvgIpc) is 3.57. The number of nitriles is 1. The van der Waals surface area contributed by atoms with Crippen LogP contribution in [0.2, 0.25) is 0 Å². The molecule has 0 N–H and O–H groups in total. The topological polar surface area (TPSA) is 87.4 Å². The number of benzene rings is 6. The molecule has 0 spiro atoms. The minimum atomic E-state index is -0.266. The fourth-order valence-corrected chi connectivity index (χ4v) is 10.1. The molecule has 63 heavy (non-hydrogen) atoms. The minimum Gasteiger partial charge on any atom is -0.482 e. The highest BCUT2D eigenvalue weighted by molar-refractivity contribution is 5.95. The molecule has 2 aliphatic heterocycles. The molecule has 3 atom stereocenters. The van der Waals surface area contributed by atoms with Crippen LogP contribution in [0.5, 0.6) is 17.2 Å². The Morgan fingerprint density at radius 2 is 1.30 bits per heavy atom. The second-order valence-electron chi connectivity index (χ2n) is 17.0. The Balaban J connectivity index is 1.13. The van der Waals surface area contributed by atoms with Gasteiger partial charge in [-0.1, -0.05) is 135 Å². The van der Waals surface area contributed by atoms with Gasteiger partial charge < -0.3 is 19.3 Å². The van der Waals surface area contributed by atoms with Gasteiger partial charge in [0.2, 0.25) is 0 Å². The van der Waals surface area contributed by atoms with Crippen molar-refractivity contribution >= 4 is 28.4 Å². The number of rotatable bonds is 5. The van der Waals surface area contributed by atoms with Gasteiger partial charge in [-0.3, -0.25) is 0 Å². The number of fused-ring (bicyclic) bond motifs is 7. The molecule has 12 rings (SSSR count). The Morgan fingerprint density at radius 1 is 0.635 bits per heavy atom. The highest BCUT2D eigenvalue weighted by atomic mass is 16.5. The van der Waals surface area contributed by atoms with Crippen LogP contribution in [-0.4, -0.2) is 27.1 Å². The third-order valence-corrected chi connectivity index (χ3v) is 13.1. The molecular formula is C55H40N6O2. The van der Waals surface area contributed by atoms with Gasteiger partial charge in [-0.15, -0.1) is 0 Å². The lowest BCUT2D eigenvalue weighted by Gasteiger charge is -2.43. The number of allylic oxidation sites excluding steroid dienone is 6. The summed E-state index contributed by atoms with van der Waals surface area (Å²) >= 11 is 0. The van der Waals surface area contributed by atoms with Crippen molar-refractivity contribution in [2.24, 2.45) is 0 Å². The van der Waals surface area contributed by atoms with E-state index in [1.54, 1.807) is 0 Å². The molecule has 5 aliphatic rings. The summed E-state index contributed by atoms with van der Waals surface area (Å²) in [5, 5.41) is 11.2. The third kappa shape index (κ3) is 5.84. The van der Waals surface area contributed by atoms with E-state index in [-0.39, 0.29) is 17.6 Å². The standard InChI is InChI=1S/C55H40N6O2/c1-55(2)40-19-7-6-18-37(40)38-29-28-35(31-41(38)55)53-57-52(34-16-4-3-5-17-34)58-54(59-53)39-30-36(33-56)46(60-42-20-8-12-24-48(42)62-49-25-13-9-21-43(49)60)32-47(39)61-44-22-10-14-26-50(44)63-51-27-15-11-23-45(51)61/h3-17,19-32,37,42,48H,18H2,1-2H3. The van der Waals surface area contributed by atoms with Crippen LogP contribution in [0.25, 0.3) is 34.2 Å². The van der Waals surface area contributed by atoms with Gasteiger partial charge in [-0.05, 0) is 78.2 Å². The number of anilines is 5. The Bertz CT molecular complexity index is 3150. The maximum Gasteiger partial charge on any atom is 0.166 e. The molecule has 7 aromatic rings. The third-order valence-electron chi connectivity index (χ3n) is 13.1. The van der Waals surface area contributed by atoms with Gasteiger partial charge in [0.05, 0.1) is 40.0 Å². The van der Waals surface area contributed by atoms with Crippen molar-refractivity contribution < 1.29 is 9.47 Å². The molecule has 3 aliphatic carbocycles. The molecule has 0 saturated carbocycles. The first-order valence-corrected chi connectivity index (χ1v) is 21.4. The first-order chi connectivity index (χ1) is 30.9. The summed E-state index contributed by atoms with van der Waals surface area (Å²) in [4.78, 5) is 20.3. The predicted molar refractivity (Wildman–Crippen MR) is 248 cm³/mol. The molecule has 0 saturated heterocycles. The molecule has 6 aromatic carbocycles. The number of nitrogens with zero attached hydrogens (tertiary/aromatic N) is 6. The smallest absolute Gasteiger partial charge is 0.166 e. The van der Waals surface area contributed by atoms with E-state index in [9.17, 15) is 5.26 Å². The van der Waals surface area contributed by atoms with Crippen LogP contribution < -0.4 is 19.3 Å². The summed E-state index contributed by atoms with van der Waals surface area (Å²) in [6, 6.07) is 47.3. The minimum absolute atomic E-state index is 0.152. The normalized spacial score (nSPS) is 19.3. The van der Waals surface area contributed by atoms with Gasteiger partial charge >= 0.3 is 0 Å². The van der Waals surface area contributed by atoms with Crippen LogP contribution >= 0.6 is 0 Å². The average molecular weight is 817 g/mol. The second kappa shape index (κ2) is 14.3. The van der Waals surface area contributed by atoms with Crippen molar-refractivity contribution in [2.45, 2.75) is 43.7 Å². The number of ether oxygens (including phenoxy) is 2. The quantitative estimate of drug-likeness (QED) is 0.170. The van der Waals surface area contributed by atoms with Crippen molar-refractivity contribution in [3.8, 4) is 57.5 Å². The number of hydrogen-bond acceptors (Lipinski definition) is 8. The summed E-state index contributed by atoms with van der Waals surface area (Å²) in [5.41, 5.74) is 10.9. The molecule has 3 unspecified atom stereocenters. The van der Waals surface area contributed by atoms with Crippen molar-refractivity contribution in [3.63, 3.8) is 0 Å². The van der Waals surface area contributed by atoms with Crippen LogP contribution in [0.1, 0.15) is 42.9 Å². The fraction of sp³-hybridized carbons (Fsp3) is 0.127. The zero-order valence-corrected chi connectivity index (χ0v) is 34.7. The van der Waals surface area contributed by atoms with Gasteiger partial charge in [0.15, 0.2) is 29.0 Å². The lowest BCUT2D eigenvalue weighted by molar-refractivity contribution is 0.218. The summed E-state index contributed by atoms with van der Waals surface area (Å²) in [7, 11) is 0. The lowest BCUT2D eigenvalue weighted by atomic mass is 9.79. The SMILES string of the molecule is CC1(C)C2=CC=CCC2c2ccc(-c3nc(-c4ccccc4)nc(-c4cc(C#N)c(N5c6ccccc6OC6C=CC=CC65)cc4N4c5ccccc5Oc5ccccc54)n3)cc21. The van der Waals surface area contributed by atoms with E-state index < -0.39 is 0 Å². The monoisotopic (exact) mass is 816 g/mol. The molecule has 302 valence electrons. The van der Waals surface area contributed by atoms with Gasteiger partial charge in [0.25, 0.3) is 0 Å². The number of hydrogen-bond donors (Lipinski definition) is 0. The Labute approximate surface area is 366 Å². The van der Waals surface area contributed by atoms with E-state index in [1.807, 2.05) is 103 Å². The summed E-state index contributed by atoms with van der Waals surface area (Å²) in [6.45, 7) is 4.64. The molecule has 0 bridgehead atoms. The van der Waals surface area contributed by atoms with E-state index in [0.29, 0.717) is 46.0 Å². The van der Waals surface area contributed by atoms with Crippen molar-refractivity contribution in [1.29, 1.82) is 5.26 Å². The first-order valence-electron chi connectivity index (χ1n) is 21.4. The van der Waals surface area contributed by atoms with Crippen LogP contribution in [0.3, 0.4) is 0 Å². The van der Waals surface area contributed by atoms with E-state index in [2.05, 4.69) is 103 Å². The summed E-state index contributed by atoms with van der Waals surface area (Å²) in [6.07, 6.45) is 15.7. The predicted octanol–water partition coefficient (Wildman–Crippen LogP) is 13.0. The maximum absolute atomic E-state index is 11.2. The molecule has 0 fully saturated rings. The Morgan fingerprint density at radius 3 is 2.06 bits per heavy atom. The second-order valence-corrected chi connectivity index (χ2v) is 17.0. The van der Waals surface area contributed by atoms with Crippen LogP contribution in [-0.2, 0) is 5.41 Å². The highest BCUT2D eigenvalue weighted by Gasteiger charge is 2.42. The van der Waals surface area contributed by atoms with E-state index in [4.69, 9.17) is 24.4 Å². The molecule has 8 heteroatoms. The molecule has 8 nitrogen and oxygen atoms in total. The van der Waals surface area contributed by atoms with Crippen LogP contribution in [0.4, 0.5) is 28.4 Å². The number of aromatic nitrogens is 3. The van der Waals surface area contributed by atoms with E-state index in [0.717, 1.165) is 51.7 Å². The molecular weight excluding hydrogens is 777 g/mol. The first kappa shape index (κ1) is 36.8. The van der Waals surface area contributed by atoms with E-state index in [1.165, 1.54) is 16.7 Å². The number of para-hydroxylation sites is 6. The van der Waals surface area contributed by atoms with Gasteiger partial charge in [0, 0.05) is 28.0 Å².